The number of aromatic nitrogens is 1. The van der Waals surface area contributed by atoms with Crippen molar-refractivity contribution in [3.05, 3.63) is 41.0 Å². The molecule has 0 amide bonds. The van der Waals surface area contributed by atoms with E-state index in [4.69, 9.17) is 10.5 Å². The second-order valence-electron chi connectivity index (χ2n) is 5.34. The molecule has 0 atom stereocenters. The molecule has 5 heteroatoms. The molecule has 112 valence electrons. The average molecular weight is 303 g/mol. The van der Waals surface area contributed by atoms with Gasteiger partial charge in [-0.25, -0.2) is 0 Å². The van der Waals surface area contributed by atoms with Gasteiger partial charge in [-0.3, -0.25) is 0 Å². The molecule has 1 aromatic heterocycles. The van der Waals surface area contributed by atoms with Crippen molar-refractivity contribution in [1.29, 1.82) is 0 Å². The fourth-order valence-electron chi connectivity index (χ4n) is 2.46. The van der Waals surface area contributed by atoms with Gasteiger partial charge in [0.25, 0.3) is 0 Å². The first kappa shape index (κ1) is 14.4. The SMILES string of the molecule is CCOCc1ccccc1CNc1snc(N)c1C1CC1. The van der Waals surface area contributed by atoms with E-state index in [2.05, 4.69) is 34.0 Å². The fourth-order valence-corrected chi connectivity index (χ4v) is 3.26. The Morgan fingerprint density at radius 3 is 2.81 bits per heavy atom. The van der Waals surface area contributed by atoms with Crippen LogP contribution in [0, 0.1) is 0 Å². The van der Waals surface area contributed by atoms with E-state index < -0.39 is 0 Å². The molecule has 1 fully saturated rings. The van der Waals surface area contributed by atoms with E-state index >= 15 is 0 Å². The highest BCUT2D eigenvalue weighted by Crippen LogP contribution is 2.47. The summed E-state index contributed by atoms with van der Waals surface area (Å²) in [6.07, 6.45) is 2.47. The number of ether oxygens (including phenoxy) is 1. The van der Waals surface area contributed by atoms with Gasteiger partial charge in [0.05, 0.1) is 6.61 Å². The molecule has 1 aliphatic carbocycles. The summed E-state index contributed by atoms with van der Waals surface area (Å²) in [7, 11) is 0. The second kappa shape index (κ2) is 6.45. The van der Waals surface area contributed by atoms with Crippen molar-refractivity contribution in [1.82, 2.24) is 4.37 Å². The summed E-state index contributed by atoms with van der Waals surface area (Å²) in [6.45, 7) is 4.20. The quantitative estimate of drug-likeness (QED) is 0.818. The highest BCUT2D eigenvalue weighted by molar-refractivity contribution is 7.10. The number of nitrogens with one attached hydrogen (secondary N) is 1. The van der Waals surface area contributed by atoms with Gasteiger partial charge in [-0.2, -0.15) is 4.37 Å². The maximum atomic E-state index is 5.99. The number of hydrogen-bond acceptors (Lipinski definition) is 5. The van der Waals surface area contributed by atoms with Crippen molar-refractivity contribution in [2.24, 2.45) is 0 Å². The standard InChI is InChI=1S/C16H21N3OS/c1-2-20-10-13-6-4-3-5-12(13)9-18-16-14(11-7-8-11)15(17)19-21-16/h3-6,11,18H,2,7-10H2,1H3,(H2,17,19). The first-order valence-corrected chi connectivity index (χ1v) is 8.20. The van der Waals surface area contributed by atoms with Crippen LogP contribution in [0.2, 0.25) is 0 Å². The number of hydrogen-bond donors (Lipinski definition) is 2. The van der Waals surface area contributed by atoms with Crippen LogP contribution in [0.1, 0.15) is 42.4 Å². The van der Waals surface area contributed by atoms with Crippen LogP contribution < -0.4 is 11.1 Å². The molecule has 0 saturated heterocycles. The molecule has 0 unspecified atom stereocenters. The lowest BCUT2D eigenvalue weighted by Crippen LogP contribution is -2.05. The van der Waals surface area contributed by atoms with Crippen LogP contribution in [-0.4, -0.2) is 11.0 Å². The summed E-state index contributed by atoms with van der Waals surface area (Å²) in [4.78, 5) is 0. The maximum Gasteiger partial charge on any atom is 0.142 e. The first-order chi connectivity index (χ1) is 10.3. The summed E-state index contributed by atoms with van der Waals surface area (Å²) in [5.74, 6) is 1.32. The van der Waals surface area contributed by atoms with Crippen LogP contribution in [0.4, 0.5) is 10.8 Å². The molecule has 1 aliphatic rings. The van der Waals surface area contributed by atoms with Gasteiger partial charge < -0.3 is 15.8 Å². The van der Waals surface area contributed by atoms with E-state index in [1.807, 2.05) is 6.92 Å². The summed E-state index contributed by atoms with van der Waals surface area (Å²) in [5.41, 5.74) is 9.71. The predicted molar refractivity (Wildman–Crippen MR) is 87.6 cm³/mol. The van der Waals surface area contributed by atoms with Crippen LogP contribution in [0.3, 0.4) is 0 Å². The van der Waals surface area contributed by atoms with E-state index in [0.29, 0.717) is 18.3 Å². The van der Waals surface area contributed by atoms with Gasteiger partial charge in [-0.1, -0.05) is 24.3 Å². The third-order valence-corrected chi connectivity index (χ3v) is 4.60. The topological polar surface area (TPSA) is 60.2 Å². The average Bonchev–Trinajstić information content (AvgIpc) is 3.27. The molecule has 0 bridgehead atoms. The Morgan fingerprint density at radius 2 is 2.10 bits per heavy atom. The third-order valence-electron chi connectivity index (χ3n) is 3.76. The molecule has 0 aliphatic heterocycles. The molecule has 1 saturated carbocycles. The minimum absolute atomic E-state index is 0.616. The zero-order chi connectivity index (χ0) is 14.7. The smallest absolute Gasteiger partial charge is 0.142 e. The molecule has 0 spiro atoms. The lowest BCUT2D eigenvalue weighted by Gasteiger charge is -2.11. The minimum atomic E-state index is 0.616. The van der Waals surface area contributed by atoms with Gasteiger partial charge in [0.15, 0.2) is 0 Å². The lowest BCUT2D eigenvalue weighted by molar-refractivity contribution is 0.133. The molecule has 3 N–H and O–H groups in total. The molecular weight excluding hydrogens is 282 g/mol. The minimum Gasteiger partial charge on any atom is -0.383 e. The Labute approximate surface area is 129 Å². The molecule has 4 nitrogen and oxygen atoms in total. The molecular formula is C16H21N3OS. The van der Waals surface area contributed by atoms with E-state index in [1.165, 1.54) is 41.1 Å². The van der Waals surface area contributed by atoms with E-state index in [1.54, 1.807) is 0 Å². The molecule has 1 aromatic carbocycles. The second-order valence-corrected chi connectivity index (χ2v) is 6.12. The lowest BCUT2D eigenvalue weighted by atomic mass is 10.1. The van der Waals surface area contributed by atoms with Crippen molar-refractivity contribution >= 4 is 22.4 Å². The van der Waals surface area contributed by atoms with Crippen molar-refractivity contribution < 1.29 is 4.74 Å². The Balaban J connectivity index is 1.70. The summed E-state index contributed by atoms with van der Waals surface area (Å²) >= 11 is 1.47. The Kier molecular flexibility index (Phi) is 4.41. The molecule has 2 aromatic rings. The normalized spacial score (nSPS) is 14.3. The highest BCUT2D eigenvalue weighted by atomic mass is 32.1. The number of benzene rings is 1. The van der Waals surface area contributed by atoms with Crippen LogP contribution in [0.15, 0.2) is 24.3 Å². The number of nitrogens with two attached hydrogens (primary N) is 1. The van der Waals surface area contributed by atoms with E-state index in [9.17, 15) is 0 Å². The zero-order valence-electron chi connectivity index (χ0n) is 12.3. The predicted octanol–water partition coefficient (Wildman–Crippen LogP) is 3.75. The van der Waals surface area contributed by atoms with E-state index in [0.717, 1.165) is 18.2 Å². The Hall–Kier alpha value is -1.59. The van der Waals surface area contributed by atoms with Gasteiger partial charge in [0.2, 0.25) is 0 Å². The van der Waals surface area contributed by atoms with Crippen LogP contribution >= 0.6 is 11.5 Å². The van der Waals surface area contributed by atoms with Crippen LogP contribution in [-0.2, 0) is 17.9 Å². The van der Waals surface area contributed by atoms with Gasteiger partial charge in [-0.05, 0) is 48.3 Å². The number of rotatable bonds is 7. The molecule has 3 rings (SSSR count). The van der Waals surface area contributed by atoms with Crippen molar-refractivity contribution in [3.63, 3.8) is 0 Å². The number of nitrogens with zero attached hydrogens (tertiary/aromatic N) is 1. The van der Waals surface area contributed by atoms with Gasteiger partial charge >= 0.3 is 0 Å². The van der Waals surface area contributed by atoms with E-state index in [-0.39, 0.29) is 0 Å². The largest absolute Gasteiger partial charge is 0.383 e. The van der Waals surface area contributed by atoms with Gasteiger partial charge in [0, 0.05) is 18.7 Å². The van der Waals surface area contributed by atoms with Crippen molar-refractivity contribution in [2.45, 2.75) is 38.8 Å². The zero-order valence-corrected chi connectivity index (χ0v) is 13.1. The summed E-state index contributed by atoms with van der Waals surface area (Å²) in [6, 6.07) is 8.38. The molecule has 1 heterocycles. The van der Waals surface area contributed by atoms with Crippen molar-refractivity contribution in [3.8, 4) is 0 Å². The Bertz CT molecular complexity index is 607. The fraction of sp³-hybridized carbons (Fsp3) is 0.438. The Morgan fingerprint density at radius 1 is 1.33 bits per heavy atom. The maximum absolute atomic E-state index is 5.99. The van der Waals surface area contributed by atoms with Crippen molar-refractivity contribution in [2.75, 3.05) is 17.7 Å². The van der Waals surface area contributed by atoms with Crippen LogP contribution in [0.25, 0.3) is 0 Å². The monoisotopic (exact) mass is 303 g/mol. The number of anilines is 2. The third kappa shape index (κ3) is 3.36. The number of nitrogen functional groups attached to an aromatic ring is 1. The highest BCUT2D eigenvalue weighted by Gasteiger charge is 2.30. The summed E-state index contributed by atoms with van der Waals surface area (Å²) in [5, 5.41) is 4.64. The van der Waals surface area contributed by atoms with Gasteiger partial charge in [-0.15, -0.1) is 0 Å². The van der Waals surface area contributed by atoms with Crippen LogP contribution in [0.5, 0.6) is 0 Å². The molecule has 0 radical (unpaired) electrons. The van der Waals surface area contributed by atoms with Gasteiger partial charge in [0.1, 0.15) is 10.8 Å². The first-order valence-electron chi connectivity index (χ1n) is 7.43. The molecule has 21 heavy (non-hydrogen) atoms. The summed E-state index contributed by atoms with van der Waals surface area (Å²) < 4.78 is 9.83.